The highest BCUT2D eigenvalue weighted by Gasteiger charge is 2.13. The predicted molar refractivity (Wildman–Crippen MR) is 116 cm³/mol. The molecule has 1 aliphatic heterocycles. The summed E-state index contributed by atoms with van der Waals surface area (Å²) < 4.78 is 17.1. The average molecular weight is 434 g/mol. The molecule has 0 aromatic carbocycles. The number of hydrogen-bond acceptors (Lipinski definition) is 6. The van der Waals surface area contributed by atoms with Gasteiger partial charge in [-0.1, -0.05) is 6.42 Å². The summed E-state index contributed by atoms with van der Waals surface area (Å²) in [5, 5.41) is 12.8. The third-order valence-electron chi connectivity index (χ3n) is 5.18. The average Bonchev–Trinajstić information content (AvgIpc) is 3.24. The van der Waals surface area contributed by atoms with Gasteiger partial charge in [0.15, 0.2) is 0 Å². The molecule has 2 N–H and O–H groups in total. The number of carbonyl (C=O) groups is 1. The Kier molecular flexibility index (Phi) is 9.04. The molecule has 8 heteroatoms. The van der Waals surface area contributed by atoms with Crippen LogP contribution in [0.1, 0.15) is 42.7 Å². The number of nitrogens with one attached hydrogen (secondary N) is 1. The SMILES string of the molecule is O=C(CS(=O)Cc1ccco1)NCC(O)CCc1cc(CN2CCCCC2)ccn1. The Labute approximate surface area is 180 Å². The Morgan fingerprint density at radius 1 is 1.30 bits per heavy atom. The molecule has 0 radical (unpaired) electrons. The Morgan fingerprint density at radius 2 is 2.13 bits per heavy atom. The van der Waals surface area contributed by atoms with E-state index in [0.29, 0.717) is 18.6 Å². The molecule has 2 aromatic rings. The molecule has 3 heterocycles. The van der Waals surface area contributed by atoms with Gasteiger partial charge in [-0.15, -0.1) is 0 Å². The first-order chi connectivity index (χ1) is 14.6. The van der Waals surface area contributed by atoms with Crippen molar-refractivity contribution in [2.24, 2.45) is 0 Å². The Morgan fingerprint density at radius 3 is 2.90 bits per heavy atom. The number of aromatic nitrogens is 1. The normalized spacial score (nSPS) is 16.8. The molecule has 30 heavy (non-hydrogen) atoms. The lowest BCUT2D eigenvalue weighted by molar-refractivity contribution is -0.119. The molecule has 2 aromatic heterocycles. The smallest absolute Gasteiger partial charge is 0.232 e. The molecule has 0 spiro atoms. The van der Waals surface area contributed by atoms with Crippen molar-refractivity contribution in [1.29, 1.82) is 0 Å². The molecule has 164 valence electrons. The van der Waals surface area contributed by atoms with Crippen molar-refractivity contribution in [2.45, 2.75) is 50.5 Å². The topological polar surface area (TPSA) is 95.7 Å². The number of piperidine rings is 1. The second-order valence-corrected chi connectivity index (χ2v) is 9.25. The van der Waals surface area contributed by atoms with Gasteiger partial charge in [0, 0.05) is 35.8 Å². The summed E-state index contributed by atoms with van der Waals surface area (Å²) in [7, 11) is -1.34. The predicted octanol–water partition coefficient (Wildman–Crippen LogP) is 2.02. The Balaban J connectivity index is 1.34. The largest absolute Gasteiger partial charge is 0.468 e. The molecule has 2 unspecified atom stereocenters. The van der Waals surface area contributed by atoms with Crippen LogP contribution in [0.5, 0.6) is 0 Å². The molecule has 0 bridgehead atoms. The van der Waals surface area contributed by atoms with Crippen molar-refractivity contribution in [2.75, 3.05) is 25.4 Å². The fourth-order valence-electron chi connectivity index (χ4n) is 3.59. The fourth-order valence-corrected chi connectivity index (χ4v) is 4.57. The first kappa shape index (κ1) is 22.7. The van der Waals surface area contributed by atoms with Gasteiger partial charge in [0.1, 0.15) is 11.5 Å². The number of aliphatic hydroxyl groups is 1. The zero-order valence-electron chi connectivity index (χ0n) is 17.3. The molecule has 0 saturated carbocycles. The van der Waals surface area contributed by atoms with Crippen LogP contribution in [0.3, 0.4) is 0 Å². The van der Waals surface area contributed by atoms with Gasteiger partial charge in [0.05, 0.1) is 18.1 Å². The van der Waals surface area contributed by atoms with Crippen molar-refractivity contribution in [3.05, 3.63) is 53.7 Å². The lowest BCUT2D eigenvalue weighted by Crippen LogP contribution is -2.35. The van der Waals surface area contributed by atoms with E-state index in [1.54, 1.807) is 12.1 Å². The molecule has 1 saturated heterocycles. The van der Waals surface area contributed by atoms with Crippen molar-refractivity contribution >= 4 is 16.7 Å². The van der Waals surface area contributed by atoms with Gasteiger partial charge in [0.25, 0.3) is 0 Å². The second kappa shape index (κ2) is 12.0. The van der Waals surface area contributed by atoms with Crippen LogP contribution < -0.4 is 5.32 Å². The van der Waals surface area contributed by atoms with E-state index >= 15 is 0 Å². The fraction of sp³-hybridized carbons (Fsp3) is 0.545. The second-order valence-electron chi connectivity index (χ2n) is 7.80. The van der Waals surface area contributed by atoms with E-state index < -0.39 is 16.9 Å². The van der Waals surface area contributed by atoms with Crippen molar-refractivity contribution < 1.29 is 18.5 Å². The molecule has 1 amide bonds. The molecular weight excluding hydrogens is 402 g/mol. The number of likely N-dealkylation sites (tertiary alicyclic amines) is 1. The highest BCUT2D eigenvalue weighted by atomic mass is 32.2. The van der Waals surface area contributed by atoms with Gasteiger partial charge < -0.3 is 14.8 Å². The number of rotatable bonds is 11. The maximum atomic E-state index is 12.0. The summed E-state index contributed by atoms with van der Waals surface area (Å²) in [6.07, 6.45) is 7.70. The van der Waals surface area contributed by atoms with Crippen LogP contribution in [0.15, 0.2) is 41.1 Å². The molecule has 1 fully saturated rings. The van der Waals surface area contributed by atoms with Gasteiger partial charge in [-0.2, -0.15) is 0 Å². The van der Waals surface area contributed by atoms with E-state index in [1.165, 1.54) is 31.1 Å². The Hall–Kier alpha value is -2.03. The summed E-state index contributed by atoms with van der Waals surface area (Å²) in [6.45, 7) is 3.40. The minimum atomic E-state index is -1.34. The van der Waals surface area contributed by atoms with Gasteiger partial charge in [-0.3, -0.25) is 18.9 Å². The van der Waals surface area contributed by atoms with Gasteiger partial charge in [-0.05, 0) is 68.6 Å². The maximum absolute atomic E-state index is 12.0. The monoisotopic (exact) mass is 433 g/mol. The molecular formula is C22H31N3O4S. The summed E-state index contributed by atoms with van der Waals surface area (Å²) >= 11 is 0. The first-order valence-electron chi connectivity index (χ1n) is 10.6. The van der Waals surface area contributed by atoms with Gasteiger partial charge in [-0.25, -0.2) is 0 Å². The maximum Gasteiger partial charge on any atom is 0.232 e. The third-order valence-corrected chi connectivity index (χ3v) is 6.37. The van der Waals surface area contributed by atoms with Crippen LogP contribution in [-0.2, 0) is 34.3 Å². The lowest BCUT2D eigenvalue weighted by Gasteiger charge is -2.26. The van der Waals surface area contributed by atoms with Crippen LogP contribution in [-0.4, -0.2) is 56.6 Å². The quantitative estimate of drug-likeness (QED) is 0.563. The van der Waals surface area contributed by atoms with Crippen molar-refractivity contribution in [3.8, 4) is 0 Å². The van der Waals surface area contributed by atoms with Crippen LogP contribution in [0, 0.1) is 0 Å². The van der Waals surface area contributed by atoms with Gasteiger partial charge in [0.2, 0.25) is 5.91 Å². The first-order valence-corrected chi connectivity index (χ1v) is 12.1. The lowest BCUT2D eigenvalue weighted by atomic mass is 10.1. The highest BCUT2D eigenvalue weighted by Crippen LogP contribution is 2.14. The molecule has 7 nitrogen and oxygen atoms in total. The van der Waals surface area contributed by atoms with E-state index in [4.69, 9.17) is 4.42 Å². The molecule has 0 aliphatic carbocycles. The van der Waals surface area contributed by atoms with Crippen molar-refractivity contribution in [1.82, 2.24) is 15.2 Å². The number of amides is 1. The minimum absolute atomic E-state index is 0.104. The summed E-state index contributed by atoms with van der Waals surface area (Å²) in [5.74, 6) is 0.368. The molecule has 3 rings (SSSR count). The van der Waals surface area contributed by atoms with Crippen LogP contribution in [0.4, 0.5) is 0 Å². The number of aryl methyl sites for hydroxylation is 1. The molecule has 2 atom stereocenters. The van der Waals surface area contributed by atoms with E-state index in [0.717, 1.165) is 25.3 Å². The van der Waals surface area contributed by atoms with Crippen molar-refractivity contribution in [3.63, 3.8) is 0 Å². The number of aliphatic hydroxyl groups excluding tert-OH is 1. The highest BCUT2D eigenvalue weighted by molar-refractivity contribution is 7.84. The van der Waals surface area contributed by atoms with E-state index in [2.05, 4.69) is 27.3 Å². The zero-order chi connectivity index (χ0) is 21.2. The number of carbonyl (C=O) groups excluding carboxylic acids is 1. The van der Waals surface area contributed by atoms with Crippen LogP contribution >= 0.6 is 0 Å². The van der Waals surface area contributed by atoms with Gasteiger partial charge >= 0.3 is 0 Å². The molecule has 1 aliphatic rings. The van der Waals surface area contributed by atoms with E-state index in [-0.39, 0.29) is 24.0 Å². The van der Waals surface area contributed by atoms with E-state index in [9.17, 15) is 14.1 Å². The van der Waals surface area contributed by atoms with Crippen LogP contribution in [0.2, 0.25) is 0 Å². The summed E-state index contributed by atoms with van der Waals surface area (Å²) in [4.78, 5) is 18.8. The zero-order valence-corrected chi connectivity index (χ0v) is 18.1. The minimum Gasteiger partial charge on any atom is -0.468 e. The Bertz CT molecular complexity index is 806. The summed E-state index contributed by atoms with van der Waals surface area (Å²) in [5.41, 5.74) is 2.21. The van der Waals surface area contributed by atoms with E-state index in [1.807, 2.05) is 6.20 Å². The summed E-state index contributed by atoms with van der Waals surface area (Å²) in [6, 6.07) is 7.62. The third kappa shape index (κ3) is 8.01. The number of pyridine rings is 1. The number of furan rings is 1. The number of nitrogens with zero attached hydrogens (tertiary/aromatic N) is 2. The van der Waals surface area contributed by atoms with Crippen LogP contribution in [0.25, 0.3) is 0 Å². The standard InChI is InChI=1S/C22H31N3O4S/c26-20(14-24-22(27)17-30(28)16-21-5-4-12-29-21)7-6-19-13-18(8-9-23-19)15-25-10-2-1-3-11-25/h4-5,8-9,12-13,20,26H,1-3,6-7,10-11,14-17H2,(H,24,27). The number of hydrogen-bond donors (Lipinski definition) is 2.